The van der Waals surface area contributed by atoms with Crippen LogP contribution in [0.5, 0.6) is 0 Å². The van der Waals surface area contributed by atoms with Gasteiger partial charge in [-0.05, 0) is 56.7 Å². The number of carbonyl (C=O) groups excluding carboxylic acids is 2. The van der Waals surface area contributed by atoms with E-state index in [0.717, 1.165) is 29.8 Å². The van der Waals surface area contributed by atoms with E-state index in [9.17, 15) is 18.4 Å². The molecule has 28 heavy (non-hydrogen) atoms. The molecular formula is C22H20F2N2O2. The molecule has 3 aromatic rings. The molecule has 0 saturated heterocycles. The van der Waals surface area contributed by atoms with E-state index in [2.05, 4.69) is 5.32 Å². The van der Waals surface area contributed by atoms with Gasteiger partial charge < -0.3 is 9.88 Å². The molecule has 0 spiro atoms. The smallest absolute Gasteiger partial charge is 0.253 e. The molecule has 6 heteroatoms. The largest absolute Gasteiger partial charge is 0.345 e. The number of aryl methyl sites for hydroxylation is 1. The summed E-state index contributed by atoms with van der Waals surface area (Å²) in [7, 11) is 0. The van der Waals surface area contributed by atoms with Gasteiger partial charge in [0.25, 0.3) is 5.91 Å². The first kappa shape index (κ1) is 19.5. The van der Waals surface area contributed by atoms with Crippen molar-refractivity contribution in [3.8, 4) is 5.69 Å². The van der Waals surface area contributed by atoms with Crippen molar-refractivity contribution >= 4 is 12.2 Å². The average molecular weight is 382 g/mol. The summed E-state index contributed by atoms with van der Waals surface area (Å²) in [6.45, 7) is 5.37. The van der Waals surface area contributed by atoms with Crippen LogP contribution in [0.1, 0.15) is 50.6 Å². The standard InChI is InChI=1S/C22H20F2N2O2/c1-13-10-17(12-27)15(3)26(13)21-7-5-4-6-18(21)22(28)25-14(2)16-8-9-19(23)20(24)11-16/h4-12,14H,1-3H3,(H,25,28). The highest BCUT2D eigenvalue weighted by molar-refractivity contribution is 5.98. The van der Waals surface area contributed by atoms with Gasteiger partial charge in [0.1, 0.15) is 0 Å². The van der Waals surface area contributed by atoms with E-state index in [1.165, 1.54) is 6.07 Å². The zero-order chi connectivity index (χ0) is 20.4. The van der Waals surface area contributed by atoms with Crippen LogP contribution in [-0.2, 0) is 0 Å². The number of rotatable bonds is 5. The zero-order valence-corrected chi connectivity index (χ0v) is 15.8. The zero-order valence-electron chi connectivity index (χ0n) is 15.8. The van der Waals surface area contributed by atoms with Crippen molar-refractivity contribution in [3.63, 3.8) is 0 Å². The Balaban J connectivity index is 1.94. The van der Waals surface area contributed by atoms with E-state index in [0.29, 0.717) is 22.4 Å². The van der Waals surface area contributed by atoms with Crippen molar-refractivity contribution in [1.82, 2.24) is 9.88 Å². The fourth-order valence-corrected chi connectivity index (χ4v) is 3.28. The monoisotopic (exact) mass is 382 g/mol. The number of benzene rings is 2. The molecule has 2 aromatic carbocycles. The Morgan fingerprint density at radius 1 is 1.07 bits per heavy atom. The second kappa shape index (κ2) is 7.76. The summed E-state index contributed by atoms with van der Waals surface area (Å²) in [5.41, 5.74) is 3.64. The van der Waals surface area contributed by atoms with E-state index in [1.54, 1.807) is 31.2 Å². The number of nitrogens with one attached hydrogen (secondary N) is 1. The summed E-state index contributed by atoms with van der Waals surface area (Å²) in [5, 5.41) is 2.82. The first-order valence-corrected chi connectivity index (χ1v) is 8.82. The number of halogens is 2. The lowest BCUT2D eigenvalue weighted by Gasteiger charge is -2.18. The maximum absolute atomic E-state index is 13.5. The number of carbonyl (C=O) groups is 2. The molecular weight excluding hydrogens is 362 g/mol. The average Bonchev–Trinajstić information content (AvgIpc) is 2.97. The van der Waals surface area contributed by atoms with Crippen LogP contribution >= 0.6 is 0 Å². The van der Waals surface area contributed by atoms with Crippen LogP contribution < -0.4 is 5.32 Å². The minimum Gasteiger partial charge on any atom is -0.345 e. The van der Waals surface area contributed by atoms with Gasteiger partial charge in [-0.2, -0.15) is 0 Å². The Morgan fingerprint density at radius 3 is 2.43 bits per heavy atom. The van der Waals surface area contributed by atoms with Crippen LogP contribution in [0.15, 0.2) is 48.5 Å². The third-order valence-electron chi connectivity index (χ3n) is 4.78. The summed E-state index contributed by atoms with van der Waals surface area (Å²) in [4.78, 5) is 24.2. The number of hydrogen-bond donors (Lipinski definition) is 1. The third-order valence-corrected chi connectivity index (χ3v) is 4.78. The summed E-state index contributed by atoms with van der Waals surface area (Å²) in [6, 6.07) is 11.8. The molecule has 0 aliphatic carbocycles. The van der Waals surface area contributed by atoms with E-state index in [-0.39, 0.29) is 5.91 Å². The SMILES string of the molecule is Cc1cc(C=O)c(C)n1-c1ccccc1C(=O)NC(C)c1ccc(F)c(F)c1. The molecule has 1 atom stereocenters. The molecule has 0 aliphatic rings. The van der Waals surface area contributed by atoms with Crippen LogP contribution in [0.25, 0.3) is 5.69 Å². The van der Waals surface area contributed by atoms with Gasteiger partial charge in [0.15, 0.2) is 17.9 Å². The minimum atomic E-state index is -0.959. The van der Waals surface area contributed by atoms with Gasteiger partial charge in [-0.15, -0.1) is 0 Å². The van der Waals surface area contributed by atoms with Crippen LogP contribution in [0.3, 0.4) is 0 Å². The summed E-state index contributed by atoms with van der Waals surface area (Å²) < 4.78 is 28.5. The van der Waals surface area contributed by atoms with Gasteiger partial charge in [-0.1, -0.05) is 18.2 Å². The molecule has 1 amide bonds. The first-order valence-electron chi connectivity index (χ1n) is 8.82. The predicted octanol–water partition coefficient (Wildman–Crippen LogP) is 4.68. The Kier molecular flexibility index (Phi) is 5.40. The molecule has 1 aromatic heterocycles. The highest BCUT2D eigenvalue weighted by Crippen LogP contribution is 2.24. The molecule has 144 valence electrons. The lowest BCUT2D eigenvalue weighted by atomic mass is 10.1. The van der Waals surface area contributed by atoms with Gasteiger partial charge in [-0.25, -0.2) is 8.78 Å². The van der Waals surface area contributed by atoms with Gasteiger partial charge in [0.05, 0.1) is 17.3 Å². The Labute approximate surface area is 161 Å². The molecule has 0 fully saturated rings. The van der Waals surface area contributed by atoms with Crippen LogP contribution in [-0.4, -0.2) is 16.8 Å². The van der Waals surface area contributed by atoms with E-state index >= 15 is 0 Å². The van der Waals surface area contributed by atoms with Gasteiger partial charge in [-0.3, -0.25) is 9.59 Å². The number of nitrogens with zero attached hydrogens (tertiary/aromatic N) is 1. The lowest BCUT2D eigenvalue weighted by molar-refractivity contribution is 0.0939. The van der Waals surface area contributed by atoms with Gasteiger partial charge >= 0.3 is 0 Å². The maximum Gasteiger partial charge on any atom is 0.253 e. The van der Waals surface area contributed by atoms with Crippen LogP contribution in [0.4, 0.5) is 8.78 Å². The number of hydrogen-bond acceptors (Lipinski definition) is 2. The fraction of sp³-hybridized carbons (Fsp3) is 0.182. The van der Waals surface area contributed by atoms with Crippen molar-refractivity contribution in [3.05, 3.63) is 88.2 Å². The number of para-hydroxylation sites is 1. The van der Waals surface area contributed by atoms with Crippen molar-refractivity contribution in [2.45, 2.75) is 26.8 Å². The molecule has 0 radical (unpaired) electrons. The van der Waals surface area contributed by atoms with E-state index in [4.69, 9.17) is 0 Å². The Bertz CT molecular complexity index is 1060. The number of aromatic nitrogens is 1. The highest BCUT2D eigenvalue weighted by atomic mass is 19.2. The number of amides is 1. The van der Waals surface area contributed by atoms with Crippen molar-refractivity contribution < 1.29 is 18.4 Å². The lowest BCUT2D eigenvalue weighted by Crippen LogP contribution is -2.28. The first-order chi connectivity index (χ1) is 13.3. The summed E-state index contributed by atoms with van der Waals surface area (Å²) >= 11 is 0. The second-order valence-electron chi connectivity index (χ2n) is 6.67. The van der Waals surface area contributed by atoms with Crippen LogP contribution in [0.2, 0.25) is 0 Å². The van der Waals surface area contributed by atoms with E-state index in [1.807, 2.05) is 24.5 Å². The quantitative estimate of drug-likeness (QED) is 0.652. The normalized spacial score (nSPS) is 11.9. The Hall–Kier alpha value is -3.28. The Morgan fingerprint density at radius 2 is 1.79 bits per heavy atom. The maximum atomic E-state index is 13.5. The van der Waals surface area contributed by atoms with Gasteiger partial charge in [0.2, 0.25) is 0 Å². The third kappa shape index (κ3) is 3.58. The molecule has 1 N–H and O–H groups in total. The van der Waals surface area contributed by atoms with Crippen molar-refractivity contribution in [2.24, 2.45) is 0 Å². The molecule has 0 bridgehead atoms. The molecule has 1 unspecified atom stereocenters. The van der Waals surface area contributed by atoms with Crippen molar-refractivity contribution in [2.75, 3.05) is 0 Å². The minimum absolute atomic E-state index is 0.354. The fourth-order valence-electron chi connectivity index (χ4n) is 3.28. The molecule has 0 aliphatic heterocycles. The second-order valence-corrected chi connectivity index (χ2v) is 6.67. The highest BCUT2D eigenvalue weighted by Gasteiger charge is 2.19. The van der Waals surface area contributed by atoms with E-state index < -0.39 is 17.7 Å². The topological polar surface area (TPSA) is 51.1 Å². The molecule has 0 saturated carbocycles. The summed E-state index contributed by atoms with van der Waals surface area (Å²) in [6.07, 6.45) is 0.784. The number of aldehydes is 1. The predicted molar refractivity (Wildman–Crippen MR) is 103 cm³/mol. The van der Waals surface area contributed by atoms with Crippen molar-refractivity contribution in [1.29, 1.82) is 0 Å². The van der Waals surface area contributed by atoms with Gasteiger partial charge in [0, 0.05) is 17.0 Å². The molecule has 3 rings (SSSR count). The molecule has 1 heterocycles. The molecule has 4 nitrogen and oxygen atoms in total. The van der Waals surface area contributed by atoms with Crippen LogP contribution in [0, 0.1) is 25.5 Å². The summed E-state index contributed by atoms with van der Waals surface area (Å²) in [5.74, 6) is -2.25.